The molecule has 3 heteroatoms. The number of hydrogen-bond donors (Lipinski definition) is 0. The molecule has 0 radical (unpaired) electrons. The maximum Gasteiger partial charge on any atom is 0.242 e. The smallest absolute Gasteiger partial charge is 0.242 e. The molecule has 0 aliphatic heterocycles. The first-order chi connectivity index (χ1) is 27.9. The molecule has 0 N–H and O–H groups in total. The Labute approximate surface area is 349 Å². The molecular weight excluding hydrogens is 699 g/mol. The number of nitrogens with zero attached hydrogens (tertiary/aromatic N) is 2. The Morgan fingerprint density at radius 2 is 0.655 bits per heavy atom. The fraction of sp³-hybridized carbons (Fsp3) is 0.236. The average Bonchev–Trinajstić information content (AvgIpc) is 3.21. The fourth-order valence-corrected chi connectivity index (χ4v) is 8.23. The van der Waals surface area contributed by atoms with Crippen LogP contribution in [0.2, 0.25) is 0 Å². The summed E-state index contributed by atoms with van der Waals surface area (Å²) in [4.78, 5) is 4.81. The van der Waals surface area contributed by atoms with Crippen LogP contribution in [0.1, 0.15) is 98.2 Å². The summed E-state index contributed by atoms with van der Waals surface area (Å²) in [6.45, 7) is 22.7. The van der Waals surface area contributed by atoms with Crippen molar-refractivity contribution in [2.75, 3.05) is 9.80 Å². The monoisotopic (exact) mass is 758 g/mol. The van der Waals surface area contributed by atoms with E-state index in [0.29, 0.717) is 17.8 Å². The van der Waals surface area contributed by atoms with Gasteiger partial charge in [0.15, 0.2) is 0 Å². The molecule has 58 heavy (non-hydrogen) atoms. The van der Waals surface area contributed by atoms with Gasteiger partial charge in [-0.2, -0.15) is 0 Å². The molecular formula is C55H59BN2. The topological polar surface area (TPSA) is 6.48 Å². The van der Waals surface area contributed by atoms with Crippen molar-refractivity contribution in [3.8, 4) is 0 Å². The molecule has 2 nitrogen and oxygen atoms in total. The Balaban J connectivity index is 1.50. The molecule has 7 aromatic carbocycles. The maximum atomic E-state index is 2.51. The maximum absolute atomic E-state index is 2.51. The highest BCUT2D eigenvalue weighted by molar-refractivity contribution is 6.96. The average molecular weight is 759 g/mol. The van der Waals surface area contributed by atoms with E-state index >= 15 is 0 Å². The minimum Gasteiger partial charge on any atom is -0.311 e. The van der Waals surface area contributed by atoms with Gasteiger partial charge >= 0.3 is 0 Å². The van der Waals surface area contributed by atoms with Crippen LogP contribution in [0.25, 0.3) is 0 Å². The Morgan fingerprint density at radius 3 is 0.931 bits per heavy atom. The lowest BCUT2D eigenvalue weighted by molar-refractivity contribution is 0.812. The highest BCUT2D eigenvalue weighted by atomic mass is 15.1. The zero-order chi connectivity index (χ0) is 41.1. The van der Waals surface area contributed by atoms with E-state index < -0.39 is 0 Å². The minimum atomic E-state index is -0.0216. The van der Waals surface area contributed by atoms with Gasteiger partial charge < -0.3 is 9.80 Å². The van der Waals surface area contributed by atoms with Gasteiger partial charge in [-0.25, -0.2) is 0 Å². The molecule has 0 fully saturated rings. The first-order valence-corrected chi connectivity index (χ1v) is 21.1. The van der Waals surface area contributed by atoms with Crippen molar-refractivity contribution in [3.05, 3.63) is 197 Å². The summed E-state index contributed by atoms with van der Waals surface area (Å²) in [6, 6.07) is 59.3. The summed E-state index contributed by atoms with van der Waals surface area (Å²) >= 11 is 0. The number of hydrogen-bond acceptors (Lipinski definition) is 2. The van der Waals surface area contributed by atoms with E-state index in [0.717, 1.165) is 34.1 Å². The van der Waals surface area contributed by atoms with Gasteiger partial charge in [-0.15, -0.1) is 0 Å². The number of aryl methyl sites for hydroxylation is 4. The van der Waals surface area contributed by atoms with E-state index in [-0.39, 0.29) is 6.71 Å². The van der Waals surface area contributed by atoms with E-state index in [1.54, 1.807) is 0 Å². The summed E-state index contributed by atoms with van der Waals surface area (Å²) in [5.41, 5.74) is 20.1. The Bertz CT molecular complexity index is 2200. The number of anilines is 6. The van der Waals surface area contributed by atoms with Gasteiger partial charge in [-0.05, 0) is 135 Å². The van der Waals surface area contributed by atoms with Crippen molar-refractivity contribution in [1.82, 2.24) is 0 Å². The van der Waals surface area contributed by atoms with Gasteiger partial charge in [0.2, 0.25) is 6.71 Å². The van der Waals surface area contributed by atoms with Crippen molar-refractivity contribution in [2.24, 2.45) is 0 Å². The number of rotatable bonds is 12. The Morgan fingerprint density at radius 1 is 0.345 bits per heavy atom. The van der Waals surface area contributed by atoms with Crippen LogP contribution in [0.5, 0.6) is 0 Å². The lowest BCUT2D eigenvalue weighted by Gasteiger charge is -2.31. The summed E-state index contributed by atoms with van der Waals surface area (Å²) in [7, 11) is 0. The predicted octanol–water partition coefficient (Wildman–Crippen LogP) is 13.7. The first-order valence-electron chi connectivity index (χ1n) is 21.1. The van der Waals surface area contributed by atoms with Crippen molar-refractivity contribution < 1.29 is 0 Å². The van der Waals surface area contributed by atoms with Crippen molar-refractivity contribution >= 4 is 57.2 Å². The van der Waals surface area contributed by atoms with E-state index in [1.165, 1.54) is 55.3 Å². The predicted molar refractivity (Wildman–Crippen MR) is 255 cm³/mol. The quantitative estimate of drug-likeness (QED) is 0.115. The zero-order valence-corrected chi connectivity index (χ0v) is 36.2. The fourth-order valence-electron chi connectivity index (χ4n) is 8.23. The van der Waals surface area contributed by atoms with E-state index in [4.69, 9.17) is 0 Å². The molecule has 292 valence electrons. The molecule has 0 aromatic heterocycles. The third-order valence-electron chi connectivity index (χ3n) is 11.6. The molecule has 0 heterocycles. The molecule has 0 saturated carbocycles. The van der Waals surface area contributed by atoms with Crippen LogP contribution in [-0.4, -0.2) is 6.71 Å². The van der Waals surface area contributed by atoms with Crippen LogP contribution in [-0.2, 0) is 0 Å². The van der Waals surface area contributed by atoms with E-state index in [2.05, 4.69) is 237 Å². The second-order valence-corrected chi connectivity index (χ2v) is 17.2. The summed E-state index contributed by atoms with van der Waals surface area (Å²) in [6.07, 6.45) is 0. The van der Waals surface area contributed by atoms with Gasteiger partial charge in [-0.3, -0.25) is 0 Å². The van der Waals surface area contributed by atoms with Gasteiger partial charge in [-0.1, -0.05) is 165 Å². The number of benzene rings is 7. The van der Waals surface area contributed by atoms with Crippen LogP contribution >= 0.6 is 0 Å². The van der Waals surface area contributed by atoms with E-state index in [1.807, 2.05) is 0 Å². The van der Waals surface area contributed by atoms with Gasteiger partial charge in [0.1, 0.15) is 0 Å². The highest BCUT2D eigenvalue weighted by Gasteiger charge is 2.31. The lowest BCUT2D eigenvalue weighted by atomic mass is 9.34. The molecule has 0 spiro atoms. The van der Waals surface area contributed by atoms with Crippen molar-refractivity contribution in [1.29, 1.82) is 0 Å². The SMILES string of the molecule is Cc1ccc(N(c2ccc(C)cc2)c2cccc(B(c3cccc(N(c4ccc(C)cc4)c4ccc(C)cc4)c3)c3c(C(C)C)cc(C(C)C)cc3C(C)C)c2)cc1. The van der Waals surface area contributed by atoms with Crippen LogP contribution in [0, 0.1) is 27.7 Å². The second-order valence-electron chi connectivity index (χ2n) is 17.2. The van der Waals surface area contributed by atoms with Gasteiger partial charge in [0.05, 0.1) is 0 Å². The molecule has 0 atom stereocenters. The van der Waals surface area contributed by atoms with Crippen LogP contribution in [0.15, 0.2) is 158 Å². The minimum absolute atomic E-state index is 0.0216. The van der Waals surface area contributed by atoms with Crippen LogP contribution in [0.4, 0.5) is 34.1 Å². The molecule has 0 aliphatic rings. The molecule has 0 aliphatic carbocycles. The largest absolute Gasteiger partial charge is 0.311 e. The molecule has 7 aromatic rings. The Kier molecular flexibility index (Phi) is 12.1. The molecule has 0 amide bonds. The summed E-state index contributed by atoms with van der Waals surface area (Å²) in [5.74, 6) is 1.12. The normalized spacial score (nSPS) is 11.4. The van der Waals surface area contributed by atoms with Gasteiger partial charge in [0, 0.05) is 34.1 Å². The van der Waals surface area contributed by atoms with E-state index in [9.17, 15) is 0 Å². The molecule has 0 saturated heterocycles. The zero-order valence-electron chi connectivity index (χ0n) is 36.2. The van der Waals surface area contributed by atoms with Crippen molar-refractivity contribution in [2.45, 2.75) is 87.0 Å². The third kappa shape index (κ3) is 8.70. The molecule has 0 unspecified atom stereocenters. The molecule has 7 rings (SSSR count). The standard InChI is InChI=1S/C55H59BN2/c1-37(2)44-33-53(38(3)4)55(54(34-44)39(5)6)56(45-13-11-15-51(35-45)57(47-25-17-40(7)18-26-47)48-27-19-41(8)20-28-48)46-14-12-16-52(36-46)58(49-29-21-42(9)22-30-49)50-31-23-43(10)24-32-50/h11-39H,1-10H3. The van der Waals surface area contributed by atoms with Crippen LogP contribution < -0.4 is 26.2 Å². The Hall–Kier alpha value is -5.80. The molecule has 0 bridgehead atoms. The third-order valence-corrected chi connectivity index (χ3v) is 11.6. The van der Waals surface area contributed by atoms with Crippen LogP contribution in [0.3, 0.4) is 0 Å². The first kappa shape index (κ1) is 40.4. The highest BCUT2D eigenvalue weighted by Crippen LogP contribution is 2.37. The summed E-state index contributed by atoms with van der Waals surface area (Å²) in [5, 5.41) is 0. The van der Waals surface area contributed by atoms with Gasteiger partial charge in [0.25, 0.3) is 0 Å². The second kappa shape index (κ2) is 17.4. The lowest BCUT2D eigenvalue weighted by Crippen LogP contribution is -2.55. The van der Waals surface area contributed by atoms with Crippen molar-refractivity contribution in [3.63, 3.8) is 0 Å². The summed E-state index contributed by atoms with van der Waals surface area (Å²) < 4.78 is 0.